The lowest BCUT2D eigenvalue weighted by Gasteiger charge is -2.12. The average molecular weight is 314 g/mol. The van der Waals surface area contributed by atoms with E-state index in [9.17, 15) is 13.4 Å². The molecule has 1 N–H and O–H groups in total. The number of benzene rings is 1. The maximum atomic E-state index is 13.1. The summed E-state index contributed by atoms with van der Waals surface area (Å²) in [6.07, 6.45) is 2.59. The van der Waals surface area contributed by atoms with Crippen LogP contribution in [0.15, 0.2) is 28.6 Å². The molecule has 0 aromatic heterocycles. The number of halogens is 1. The van der Waals surface area contributed by atoms with Crippen molar-refractivity contribution >= 4 is 15.6 Å². The van der Waals surface area contributed by atoms with Crippen LogP contribution in [0.25, 0.3) is 0 Å². The van der Waals surface area contributed by atoms with Crippen LogP contribution in [-0.4, -0.2) is 35.7 Å². The quantitative estimate of drug-likeness (QED) is 0.839. The monoisotopic (exact) mass is 314 g/mol. The first-order chi connectivity index (χ1) is 9.82. The van der Waals surface area contributed by atoms with Crippen LogP contribution in [0.5, 0.6) is 0 Å². The fourth-order valence-electron chi connectivity index (χ4n) is 2.00. The highest BCUT2D eigenvalue weighted by Gasteiger charge is 2.10. The lowest BCUT2D eigenvalue weighted by molar-refractivity contribution is -0.121. The first kappa shape index (κ1) is 17.6. The summed E-state index contributed by atoms with van der Waals surface area (Å²) < 4.78 is 28.5. The number of hydrogen-bond acceptors (Lipinski definition) is 3. The van der Waals surface area contributed by atoms with Gasteiger partial charge in [0.25, 0.3) is 0 Å². The normalized spacial score (nSPS) is 15.0. The van der Waals surface area contributed by atoms with Gasteiger partial charge in [0.15, 0.2) is 0 Å². The fourth-order valence-corrected chi connectivity index (χ4v) is 2.66. The third-order valence-corrected chi connectivity index (χ3v) is 4.93. The topological polar surface area (TPSA) is 58.5 Å². The molecule has 0 saturated carbocycles. The Morgan fingerprint density at radius 3 is 2.81 bits per heavy atom. The zero-order valence-corrected chi connectivity index (χ0v) is 13.6. The molecule has 1 aromatic rings. The SMILES string of the molecule is CN=S(C)(=O)CCNC(=O)CC(C)Cc1cccc(F)c1. The summed E-state index contributed by atoms with van der Waals surface area (Å²) in [6.45, 7) is 2.31. The molecule has 1 amide bonds. The predicted octanol–water partition coefficient (Wildman–Crippen LogP) is 2.24. The second kappa shape index (κ2) is 8.12. The Balaban J connectivity index is 2.36. The molecule has 0 aliphatic heterocycles. The largest absolute Gasteiger partial charge is 0.355 e. The van der Waals surface area contributed by atoms with Crippen molar-refractivity contribution in [1.29, 1.82) is 0 Å². The first-order valence-corrected chi connectivity index (χ1v) is 9.00. The van der Waals surface area contributed by atoms with Crippen LogP contribution in [0.3, 0.4) is 0 Å². The van der Waals surface area contributed by atoms with Gasteiger partial charge >= 0.3 is 0 Å². The second-order valence-corrected chi connectivity index (χ2v) is 8.03. The molecule has 4 nitrogen and oxygen atoms in total. The summed E-state index contributed by atoms with van der Waals surface area (Å²) in [5.41, 5.74) is 0.886. The third-order valence-electron chi connectivity index (χ3n) is 3.20. The molecule has 0 heterocycles. The van der Waals surface area contributed by atoms with Crippen molar-refractivity contribution in [2.45, 2.75) is 19.8 Å². The van der Waals surface area contributed by atoms with Crippen molar-refractivity contribution in [3.8, 4) is 0 Å². The lowest BCUT2D eigenvalue weighted by Crippen LogP contribution is -2.30. The fraction of sp³-hybridized carbons (Fsp3) is 0.533. The van der Waals surface area contributed by atoms with Crippen molar-refractivity contribution in [3.63, 3.8) is 0 Å². The van der Waals surface area contributed by atoms with E-state index in [0.717, 1.165) is 5.56 Å². The lowest BCUT2D eigenvalue weighted by atomic mass is 9.98. The highest BCUT2D eigenvalue weighted by Crippen LogP contribution is 2.12. The van der Waals surface area contributed by atoms with E-state index in [-0.39, 0.29) is 17.6 Å². The molecule has 6 heteroatoms. The Bertz CT molecular complexity index is 595. The van der Waals surface area contributed by atoms with Crippen molar-refractivity contribution in [2.24, 2.45) is 10.3 Å². The first-order valence-electron chi connectivity index (χ1n) is 6.91. The summed E-state index contributed by atoms with van der Waals surface area (Å²) >= 11 is 0. The zero-order chi connectivity index (χ0) is 15.9. The van der Waals surface area contributed by atoms with Gasteiger partial charge in [-0.15, -0.1) is 0 Å². The van der Waals surface area contributed by atoms with Gasteiger partial charge in [0.1, 0.15) is 5.82 Å². The van der Waals surface area contributed by atoms with Crippen LogP contribution in [0.1, 0.15) is 18.9 Å². The molecular formula is C15H23FN2O2S. The third kappa shape index (κ3) is 7.22. The highest BCUT2D eigenvalue weighted by molar-refractivity contribution is 7.92. The Labute approximate surface area is 126 Å². The minimum absolute atomic E-state index is 0.0785. The zero-order valence-electron chi connectivity index (χ0n) is 12.8. The smallest absolute Gasteiger partial charge is 0.220 e. The van der Waals surface area contributed by atoms with Crippen molar-refractivity contribution in [3.05, 3.63) is 35.6 Å². The number of carbonyl (C=O) groups is 1. The summed E-state index contributed by atoms with van der Waals surface area (Å²) in [5.74, 6) is 0.136. The number of hydrogen-bond donors (Lipinski definition) is 1. The van der Waals surface area contributed by atoms with Crippen LogP contribution < -0.4 is 5.32 Å². The van der Waals surface area contributed by atoms with Gasteiger partial charge in [-0.2, -0.15) is 0 Å². The highest BCUT2D eigenvalue weighted by atomic mass is 32.2. The summed E-state index contributed by atoms with van der Waals surface area (Å²) in [7, 11) is -0.659. The van der Waals surface area contributed by atoms with Gasteiger partial charge in [-0.1, -0.05) is 19.1 Å². The van der Waals surface area contributed by atoms with Gasteiger partial charge in [-0.3, -0.25) is 4.79 Å². The molecule has 2 atom stereocenters. The number of amides is 1. The molecule has 0 radical (unpaired) electrons. The van der Waals surface area contributed by atoms with Crippen molar-refractivity contribution < 1.29 is 13.4 Å². The number of carbonyl (C=O) groups excluding carboxylic acids is 1. The van der Waals surface area contributed by atoms with Gasteiger partial charge in [-0.05, 0) is 30.0 Å². The van der Waals surface area contributed by atoms with Crippen LogP contribution in [-0.2, 0) is 20.9 Å². The molecule has 0 aliphatic rings. The maximum Gasteiger partial charge on any atom is 0.220 e. The Morgan fingerprint density at radius 2 is 2.19 bits per heavy atom. The molecule has 118 valence electrons. The van der Waals surface area contributed by atoms with E-state index >= 15 is 0 Å². The number of nitrogens with zero attached hydrogens (tertiary/aromatic N) is 1. The average Bonchev–Trinajstić information content (AvgIpc) is 2.38. The number of nitrogens with one attached hydrogen (secondary N) is 1. The molecule has 0 spiro atoms. The maximum absolute atomic E-state index is 13.1. The minimum atomic E-state index is -2.18. The molecular weight excluding hydrogens is 291 g/mol. The van der Waals surface area contributed by atoms with Gasteiger partial charge < -0.3 is 5.32 Å². The van der Waals surface area contributed by atoms with E-state index in [0.29, 0.717) is 25.1 Å². The predicted molar refractivity (Wildman–Crippen MR) is 84.2 cm³/mol. The second-order valence-electron chi connectivity index (χ2n) is 5.34. The molecule has 0 aliphatic carbocycles. The van der Waals surface area contributed by atoms with Crippen LogP contribution in [0.4, 0.5) is 4.39 Å². The molecule has 0 bridgehead atoms. The van der Waals surface area contributed by atoms with Gasteiger partial charge in [-0.25, -0.2) is 13.0 Å². The summed E-state index contributed by atoms with van der Waals surface area (Å²) in [5, 5.41) is 2.75. The summed E-state index contributed by atoms with van der Waals surface area (Å²) in [6, 6.07) is 6.42. The van der Waals surface area contributed by atoms with E-state index in [1.54, 1.807) is 12.3 Å². The molecule has 2 unspecified atom stereocenters. The van der Waals surface area contributed by atoms with Gasteiger partial charge in [0.05, 0.1) is 0 Å². The standard InChI is InChI=1S/C15H23FN2O2S/c1-12(9-13-5-4-6-14(16)11-13)10-15(19)18-7-8-21(3,20)17-2/h4-6,11-12H,7-10H2,1-3H3,(H,18,19). The van der Waals surface area contributed by atoms with Crippen LogP contribution >= 0.6 is 0 Å². The van der Waals surface area contributed by atoms with E-state index in [4.69, 9.17) is 0 Å². The van der Waals surface area contributed by atoms with E-state index in [1.165, 1.54) is 19.2 Å². The van der Waals surface area contributed by atoms with E-state index in [2.05, 4.69) is 9.68 Å². The van der Waals surface area contributed by atoms with Crippen molar-refractivity contribution in [2.75, 3.05) is 25.6 Å². The van der Waals surface area contributed by atoms with Gasteiger partial charge in [0, 0.05) is 41.8 Å². The Morgan fingerprint density at radius 1 is 1.48 bits per heavy atom. The summed E-state index contributed by atoms with van der Waals surface area (Å²) in [4.78, 5) is 11.8. The Hall–Kier alpha value is -1.43. The number of rotatable bonds is 7. The molecule has 0 fully saturated rings. The van der Waals surface area contributed by atoms with E-state index in [1.807, 2.05) is 13.0 Å². The van der Waals surface area contributed by atoms with Crippen LogP contribution in [0, 0.1) is 11.7 Å². The van der Waals surface area contributed by atoms with E-state index < -0.39 is 9.73 Å². The molecule has 21 heavy (non-hydrogen) atoms. The van der Waals surface area contributed by atoms with Crippen molar-refractivity contribution in [1.82, 2.24) is 5.32 Å². The van der Waals surface area contributed by atoms with Crippen LogP contribution in [0.2, 0.25) is 0 Å². The molecule has 0 saturated heterocycles. The Kier molecular flexibility index (Phi) is 6.81. The molecule has 1 aromatic carbocycles. The molecule has 1 rings (SSSR count). The minimum Gasteiger partial charge on any atom is -0.355 e. The van der Waals surface area contributed by atoms with Gasteiger partial charge in [0.2, 0.25) is 5.91 Å².